The summed E-state index contributed by atoms with van der Waals surface area (Å²) in [6, 6.07) is 0. The highest BCUT2D eigenvalue weighted by molar-refractivity contribution is 5.74. The van der Waals surface area contributed by atoms with E-state index < -0.39 is 5.97 Å². The summed E-state index contributed by atoms with van der Waals surface area (Å²) in [5, 5.41) is 2.14. The largest absolute Gasteiger partial charge is 0.462 e. The maximum absolute atomic E-state index is 10.8. The SMILES string of the molecule is O=CNCC(=O)OC1=COC=CO1. The van der Waals surface area contributed by atoms with E-state index in [0.29, 0.717) is 6.41 Å². The Balaban J connectivity index is 2.27. The van der Waals surface area contributed by atoms with E-state index in [-0.39, 0.29) is 12.5 Å². The molecule has 1 aliphatic heterocycles. The van der Waals surface area contributed by atoms with Gasteiger partial charge < -0.3 is 19.5 Å². The van der Waals surface area contributed by atoms with Gasteiger partial charge in [-0.3, -0.25) is 4.79 Å². The van der Waals surface area contributed by atoms with Crippen molar-refractivity contribution in [3.63, 3.8) is 0 Å². The summed E-state index contributed by atoms with van der Waals surface area (Å²) in [5.41, 5.74) is 0. The van der Waals surface area contributed by atoms with Crippen molar-refractivity contribution in [1.82, 2.24) is 5.32 Å². The van der Waals surface area contributed by atoms with Crippen molar-refractivity contribution in [2.75, 3.05) is 6.54 Å². The van der Waals surface area contributed by atoms with Crippen molar-refractivity contribution in [1.29, 1.82) is 0 Å². The van der Waals surface area contributed by atoms with Crippen LogP contribution in [0.4, 0.5) is 0 Å². The number of carbonyl (C=O) groups is 2. The highest BCUT2D eigenvalue weighted by Gasteiger charge is 2.08. The minimum absolute atomic E-state index is 0.0693. The van der Waals surface area contributed by atoms with Crippen LogP contribution in [0.2, 0.25) is 0 Å². The lowest BCUT2D eigenvalue weighted by Gasteiger charge is -2.08. The zero-order valence-electron chi connectivity index (χ0n) is 6.56. The summed E-state index contributed by atoms with van der Waals surface area (Å²) in [6.45, 7) is -0.214. The molecule has 0 aromatic heterocycles. The molecule has 0 radical (unpaired) electrons. The maximum Gasteiger partial charge on any atom is 0.333 e. The highest BCUT2D eigenvalue weighted by atomic mass is 16.7. The smallest absolute Gasteiger partial charge is 0.333 e. The Morgan fingerprint density at radius 3 is 3.08 bits per heavy atom. The fourth-order valence-electron chi connectivity index (χ4n) is 0.571. The van der Waals surface area contributed by atoms with Gasteiger partial charge in [-0.05, 0) is 0 Å². The molecule has 0 bridgehead atoms. The van der Waals surface area contributed by atoms with Gasteiger partial charge in [0, 0.05) is 0 Å². The van der Waals surface area contributed by atoms with Crippen LogP contribution in [0.15, 0.2) is 24.7 Å². The van der Waals surface area contributed by atoms with E-state index in [4.69, 9.17) is 4.74 Å². The van der Waals surface area contributed by atoms with Crippen LogP contribution in [0.5, 0.6) is 0 Å². The van der Waals surface area contributed by atoms with Gasteiger partial charge in [0.2, 0.25) is 6.41 Å². The van der Waals surface area contributed by atoms with Crippen molar-refractivity contribution in [2.45, 2.75) is 0 Å². The first-order valence-corrected chi connectivity index (χ1v) is 3.38. The standard InChI is InChI=1S/C7H7NO5/c9-5-8-3-6(10)13-7-4-11-1-2-12-7/h1-2,4-5H,3H2,(H,8,9). The molecule has 0 aromatic rings. The molecule has 13 heavy (non-hydrogen) atoms. The highest BCUT2D eigenvalue weighted by Crippen LogP contribution is 2.06. The van der Waals surface area contributed by atoms with E-state index in [9.17, 15) is 9.59 Å². The third-order valence-electron chi connectivity index (χ3n) is 1.03. The first-order chi connectivity index (χ1) is 6.33. The van der Waals surface area contributed by atoms with E-state index in [1.807, 2.05) is 0 Å². The Bertz CT molecular complexity index is 258. The third-order valence-corrected chi connectivity index (χ3v) is 1.03. The number of esters is 1. The molecule has 0 saturated carbocycles. The Morgan fingerprint density at radius 1 is 1.62 bits per heavy atom. The van der Waals surface area contributed by atoms with Crippen molar-refractivity contribution < 1.29 is 23.8 Å². The van der Waals surface area contributed by atoms with E-state index in [2.05, 4.69) is 14.8 Å². The second-order valence-corrected chi connectivity index (χ2v) is 1.94. The van der Waals surface area contributed by atoms with Crippen molar-refractivity contribution in [2.24, 2.45) is 0 Å². The molecular formula is C7H7NO5. The predicted octanol–water partition coefficient (Wildman–Crippen LogP) is -0.408. The monoisotopic (exact) mass is 185 g/mol. The molecule has 0 aliphatic carbocycles. The van der Waals surface area contributed by atoms with Gasteiger partial charge in [-0.1, -0.05) is 0 Å². The van der Waals surface area contributed by atoms with Crippen LogP contribution in [-0.2, 0) is 23.8 Å². The van der Waals surface area contributed by atoms with Gasteiger partial charge in [-0.2, -0.15) is 0 Å². The van der Waals surface area contributed by atoms with E-state index in [1.165, 1.54) is 12.5 Å². The first-order valence-electron chi connectivity index (χ1n) is 3.38. The van der Waals surface area contributed by atoms with Crippen molar-refractivity contribution >= 4 is 12.4 Å². The zero-order valence-corrected chi connectivity index (χ0v) is 6.56. The summed E-state index contributed by atoms with van der Waals surface area (Å²) in [7, 11) is 0. The van der Waals surface area contributed by atoms with Gasteiger partial charge in [0.05, 0.1) is 0 Å². The molecule has 70 valence electrons. The lowest BCUT2D eigenvalue weighted by Crippen LogP contribution is -2.23. The molecule has 0 unspecified atom stereocenters. The van der Waals surface area contributed by atoms with Crippen LogP contribution in [-0.4, -0.2) is 18.9 Å². The molecule has 6 heteroatoms. The lowest BCUT2D eigenvalue weighted by atomic mass is 10.6. The zero-order chi connectivity index (χ0) is 9.52. The molecule has 0 saturated heterocycles. The average molecular weight is 185 g/mol. The van der Waals surface area contributed by atoms with Crippen LogP contribution in [0.3, 0.4) is 0 Å². The van der Waals surface area contributed by atoms with Crippen LogP contribution >= 0.6 is 0 Å². The van der Waals surface area contributed by atoms with Crippen molar-refractivity contribution in [3.8, 4) is 0 Å². The Morgan fingerprint density at radius 2 is 2.46 bits per heavy atom. The summed E-state index contributed by atoms with van der Waals surface area (Å²) in [5.74, 6) is -0.711. The fourth-order valence-corrected chi connectivity index (χ4v) is 0.571. The molecule has 1 heterocycles. The second-order valence-electron chi connectivity index (χ2n) is 1.94. The minimum atomic E-state index is -0.641. The number of hydrogen-bond donors (Lipinski definition) is 1. The van der Waals surface area contributed by atoms with Crippen LogP contribution in [0.25, 0.3) is 0 Å². The number of ether oxygens (including phenoxy) is 3. The minimum Gasteiger partial charge on any atom is -0.462 e. The average Bonchev–Trinajstić information content (AvgIpc) is 2.16. The Kier molecular flexibility index (Phi) is 3.37. The topological polar surface area (TPSA) is 73.9 Å². The van der Waals surface area contributed by atoms with Gasteiger partial charge in [-0.15, -0.1) is 0 Å². The molecule has 0 atom stereocenters. The van der Waals surface area contributed by atoms with Gasteiger partial charge in [-0.25, -0.2) is 4.79 Å². The van der Waals surface area contributed by atoms with Gasteiger partial charge in [0.15, 0.2) is 6.26 Å². The Labute approximate surface area is 73.8 Å². The van der Waals surface area contributed by atoms with Crippen LogP contribution < -0.4 is 5.32 Å². The van der Waals surface area contributed by atoms with E-state index in [0.717, 1.165) is 6.26 Å². The number of carbonyl (C=O) groups excluding carboxylic acids is 2. The number of nitrogens with one attached hydrogen (secondary N) is 1. The molecule has 1 rings (SSSR count). The molecule has 1 aliphatic rings. The van der Waals surface area contributed by atoms with Gasteiger partial charge in [0.1, 0.15) is 19.1 Å². The summed E-state index contributed by atoms with van der Waals surface area (Å²) in [4.78, 5) is 20.6. The predicted molar refractivity (Wildman–Crippen MR) is 39.6 cm³/mol. The summed E-state index contributed by atoms with van der Waals surface area (Å²) in [6.07, 6.45) is 4.02. The van der Waals surface area contributed by atoms with Crippen LogP contribution in [0.1, 0.15) is 0 Å². The molecular weight excluding hydrogens is 178 g/mol. The maximum atomic E-state index is 10.8. The third kappa shape index (κ3) is 3.28. The van der Waals surface area contributed by atoms with Gasteiger partial charge in [0.25, 0.3) is 0 Å². The lowest BCUT2D eigenvalue weighted by molar-refractivity contribution is -0.143. The molecule has 0 fully saturated rings. The molecule has 0 spiro atoms. The molecule has 6 nitrogen and oxygen atoms in total. The normalized spacial score (nSPS) is 13.4. The number of rotatable bonds is 4. The number of amides is 1. The molecule has 1 N–H and O–H groups in total. The van der Waals surface area contributed by atoms with Crippen molar-refractivity contribution in [3.05, 3.63) is 24.7 Å². The van der Waals surface area contributed by atoms with Crippen LogP contribution in [0, 0.1) is 0 Å². The summed E-state index contributed by atoms with van der Waals surface area (Å²) >= 11 is 0. The van der Waals surface area contributed by atoms with E-state index >= 15 is 0 Å². The molecule has 1 amide bonds. The second kappa shape index (κ2) is 4.81. The van der Waals surface area contributed by atoms with E-state index in [1.54, 1.807) is 0 Å². The summed E-state index contributed by atoms with van der Waals surface area (Å²) < 4.78 is 14.0. The Hall–Kier alpha value is -1.98. The first kappa shape index (κ1) is 9.11. The quantitative estimate of drug-likeness (QED) is 0.476. The molecule has 0 aromatic carbocycles. The van der Waals surface area contributed by atoms with Gasteiger partial charge >= 0.3 is 11.9 Å². The fraction of sp³-hybridized carbons (Fsp3) is 0.143. The number of hydrogen-bond acceptors (Lipinski definition) is 5.